The highest BCUT2D eigenvalue weighted by Gasteiger charge is 2.23. The van der Waals surface area contributed by atoms with Crippen molar-refractivity contribution in [2.24, 2.45) is 0 Å². The van der Waals surface area contributed by atoms with E-state index < -0.39 is 6.10 Å². The Bertz CT molecular complexity index is 698. The largest absolute Gasteiger partial charge is 0.366 e. The molecule has 23 heavy (non-hydrogen) atoms. The molecular formula is C16H18ClN3O2S. The van der Waals surface area contributed by atoms with Crippen molar-refractivity contribution in [1.29, 1.82) is 0 Å². The molecule has 1 saturated heterocycles. The van der Waals surface area contributed by atoms with Gasteiger partial charge in [-0.2, -0.15) is 0 Å². The van der Waals surface area contributed by atoms with E-state index in [9.17, 15) is 4.79 Å². The molecule has 1 unspecified atom stereocenters. The zero-order chi connectivity index (χ0) is 16.2. The molecular weight excluding hydrogens is 334 g/mol. The molecule has 2 aromatic rings. The van der Waals surface area contributed by atoms with Gasteiger partial charge in [0.05, 0.1) is 12.3 Å². The molecule has 5 nitrogen and oxygen atoms in total. The first-order chi connectivity index (χ1) is 11.1. The average Bonchev–Trinajstić information content (AvgIpc) is 2.90. The van der Waals surface area contributed by atoms with Gasteiger partial charge < -0.3 is 10.1 Å². The van der Waals surface area contributed by atoms with E-state index in [1.54, 1.807) is 0 Å². The van der Waals surface area contributed by atoms with Crippen LogP contribution in [-0.4, -0.2) is 36.7 Å². The van der Waals surface area contributed by atoms with Crippen LogP contribution in [0.25, 0.3) is 0 Å². The molecule has 0 spiro atoms. The number of anilines is 1. The summed E-state index contributed by atoms with van der Waals surface area (Å²) in [6, 6.07) is 7.76. The maximum atomic E-state index is 12.2. The molecule has 122 valence electrons. The number of nitrogens with one attached hydrogen (secondary N) is 2. The Balaban J connectivity index is 1.68. The Morgan fingerprint density at radius 3 is 3.09 bits per heavy atom. The van der Waals surface area contributed by atoms with Gasteiger partial charge in [0.15, 0.2) is 5.13 Å². The number of carbonyl (C=O) groups excluding carboxylic acids is 1. The van der Waals surface area contributed by atoms with Crippen LogP contribution in [0.5, 0.6) is 0 Å². The Morgan fingerprint density at radius 1 is 1.52 bits per heavy atom. The number of morpholine rings is 1. The van der Waals surface area contributed by atoms with Crippen molar-refractivity contribution in [3.05, 3.63) is 45.4 Å². The Morgan fingerprint density at radius 2 is 2.35 bits per heavy atom. The number of hydrogen-bond donors (Lipinski definition) is 2. The maximum Gasteiger partial charge on any atom is 0.256 e. The smallest absolute Gasteiger partial charge is 0.256 e. The summed E-state index contributed by atoms with van der Waals surface area (Å²) in [6.07, 6.45) is 0.250. The molecule has 1 aliphatic heterocycles. The summed E-state index contributed by atoms with van der Waals surface area (Å²) in [5, 5.41) is 7.33. The van der Waals surface area contributed by atoms with Gasteiger partial charge in [-0.15, -0.1) is 11.3 Å². The lowest BCUT2D eigenvalue weighted by Gasteiger charge is -2.22. The molecule has 0 radical (unpaired) electrons. The van der Waals surface area contributed by atoms with E-state index in [0.29, 0.717) is 24.7 Å². The first-order valence-electron chi connectivity index (χ1n) is 7.46. The van der Waals surface area contributed by atoms with Crippen LogP contribution in [0.3, 0.4) is 0 Å². The first-order valence-corrected chi connectivity index (χ1v) is 8.66. The Hall–Kier alpha value is -1.47. The van der Waals surface area contributed by atoms with E-state index in [1.807, 2.05) is 31.2 Å². The summed E-state index contributed by atoms with van der Waals surface area (Å²) in [5.41, 5.74) is 1.96. The third kappa shape index (κ3) is 4.09. The maximum absolute atomic E-state index is 12.2. The van der Waals surface area contributed by atoms with Crippen LogP contribution in [0.15, 0.2) is 24.3 Å². The molecule has 2 heterocycles. The Labute approximate surface area is 144 Å². The van der Waals surface area contributed by atoms with Crippen molar-refractivity contribution in [2.45, 2.75) is 19.4 Å². The number of halogens is 1. The van der Waals surface area contributed by atoms with Gasteiger partial charge in [-0.1, -0.05) is 29.8 Å². The van der Waals surface area contributed by atoms with Gasteiger partial charge in [-0.25, -0.2) is 4.98 Å². The molecule has 1 atom stereocenters. The van der Waals surface area contributed by atoms with Gasteiger partial charge >= 0.3 is 0 Å². The second kappa shape index (κ2) is 7.40. The molecule has 1 aliphatic rings. The predicted octanol–water partition coefficient (Wildman–Crippen LogP) is 2.62. The zero-order valence-corrected chi connectivity index (χ0v) is 14.3. The molecule has 1 aromatic heterocycles. The van der Waals surface area contributed by atoms with Crippen molar-refractivity contribution >= 4 is 34.0 Å². The second-order valence-electron chi connectivity index (χ2n) is 5.35. The number of carbonyl (C=O) groups is 1. The van der Waals surface area contributed by atoms with Gasteiger partial charge in [0.1, 0.15) is 6.10 Å². The fourth-order valence-electron chi connectivity index (χ4n) is 2.38. The molecule has 3 rings (SSSR count). The minimum Gasteiger partial charge on any atom is -0.366 e. The van der Waals surface area contributed by atoms with E-state index in [0.717, 1.165) is 27.7 Å². The topological polar surface area (TPSA) is 63.2 Å². The van der Waals surface area contributed by atoms with Crippen LogP contribution in [0.1, 0.15) is 16.1 Å². The lowest BCUT2D eigenvalue weighted by Crippen LogP contribution is -2.45. The number of benzene rings is 1. The van der Waals surface area contributed by atoms with Crippen LogP contribution in [0.2, 0.25) is 5.02 Å². The fraction of sp³-hybridized carbons (Fsp3) is 0.375. The number of aryl methyl sites for hydroxylation is 1. The highest BCUT2D eigenvalue weighted by Crippen LogP contribution is 2.27. The summed E-state index contributed by atoms with van der Waals surface area (Å²) in [5.74, 6) is -0.157. The number of nitrogens with zero attached hydrogens (tertiary/aromatic N) is 1. The minimum absolute atomic E-state index is 0.157. The van der Waals surface area contributed by atoms with Gasteiger partial charge in [0, 0.05) is 29.4 Å². The zero-order valence-electron chi connectivity index (χ0n) is 12.8. The van der Waals surface area contributed by atoms with E-state index in [1.165, 1.54) is 11.3 Å². The van der Waals surface area contributed by atoms with Crippen molar-refractivity contribution in [1.82, 2.24) is 10.3 Å². The number of thiazole rings is 1. The number of hydrogen-bond acceptors (Lipinski definition) is 5. The summed E-state index contributed by atoms with van der Waals surface area (Å²) < 4.78 is 5.45. The number of amides is 1. The molecule has 0 saturated carbocycles. The minimum atomic E-state index is -0.458. The van der Waals surface area contributed by atoms with Crippen molar-refractivity contribution in [3.8, 4) is 0 Å². The SMILES string of the molecule is Cc1nc(NC(=O)C2CNCCO2)sc1Cc1ccccc1Cl. The monoisotopic (exact) mass is 351 g/mol. The molecule has 1 fully saturated rings. The summed E-state index contributed by atoms with van der Waals surface area (Å²) in [4.78, 5) is 17.7. The predicted molar refractivity (Wildman–Crippen MR) is 92.3 cm³/mol. The van der Waals surface area contributed by atoms with Gasteiger partial charge in [-0.3, -0.25) is 10.1 Å². The van der Waals surface area contributed by atoms with E-state index >= 15 is 0 Å². The van der Waals surface area contributed by atoms with E-state index in [4.69, 9.17) is 16.3 Å². The number of ether oxygens (including phenoxy) is 1. The lowest BCUT2D eigenvalue weighted by atomic mass is 10.1. The fourth-order valence-corrected chi connectivity index (χ4v) is 3.57. The highest BCUT2D eigenvalue weighted by molar-refractivity contribution is 7.15. The van der Waals surface area contributed by atoms with Gasteiger partial charge in [0.2, 0.25) is 0 Å². The van der Waals surface area contributed by atoms with Crippen molar-refractivity contribution in [3.63, 3.8) is 0 Å². The van der Waals surface area contributed by atoms with Gasteiger partial charge in [-0.05, 0) is 18.6 Å². The van der Waals surface area contributed by atoms with Crippen LogP contribution >= 0.6 is 22.9 Å². The van der Waals surface area contributed by atoms with Crippen LogP contribution in [0.4, 0.5) is 5.13 Å². The molecule has 1 aromatic carbocycles. The first kappa shape index (κ1) is 16.4. The third-order valence-corrected chi connectivity index (χ3v) is 5.09. The summed E-state index contributed by atoms with van der Waals surface area (Å²) in [6.45, 7) is 3.80. The average molecular weight is 352 g/mol. The highest BCUT2D eigenvalue weighted by atomic mass is 35.5. The van der Waals surface area contributed by atoms with Gasteiger partial charge in [0.25, 0.3) is 5.91 Å². The standard InChI is InChI=1S/C16H18ClN3O2S/c1-10-14(8-11-4-2-3-5-12(11)17)23-16(19-10)20-15(21)13-9-18-6-7-22-13/h2-5,13,18H,6-9H2,1H3,(H,19,20,21). The molecule has 2 N–H and O–H groups in total. The van der Waals surface area contributed by atoms with Crippen LogP contribution < -0.4 is 10.6 Å². The van der Waals surface area contributed by atoms with Crippen LogP contribution in [0, 0.1) is 6.92 Å². The second-order valence-corrected chi connectivity index (χ2v) is 6.84. The van der Waals surface area contributed by atoms with E-state index in [-0.39, 0.29) is 5.91 Å². The quantitative estimate of drug-likeness (QED) is 0.888. The van der Waals surface area contributed by atoms with Crippen LogP contribution in [-0.2, 0) is 16.0 Å². The lowest BCUT2D eigenvalue weighted by molar-refractivity contribution is -0.128. The van der Waals surface area contributed by atoms with E-state index in [2.05, 4.69) is 15.6 Å². The summed E-state index contributed by atoms with van der Waals surface area (Å²) >= 11 is 7.69. The van der Waals surface area contributed by atoms with Crippen molar-refractivity contribution < 1.29 is 9.53 Å². The Kier molecular flexibility index (Phi) is 5.27. The molecule has 0 bridgehead atoms. The summed E-state index contributed by atoms with van der Waals surface area (Å²) in [7, 11) is 0. The molecule has 1 amide bonds. The number of aromatic nitrogens is 1. The third-order valence-electron chi connectivity index (χ3n) is 3.65. The van der Waals surface area contributed by atoms with Crippen molar-refractivity contribution in [2.75, 3.05) is 25.0 Å². The molecule has 7 heteroatoms. The number of rotatable bonds is 4. The normalized spacial score (nSPS) is 17.9. The molecule has 0 aliphatic carbocycles.